The van der Waals surface area contributed by atoms with E-state index in [0.29, 0.717) is 16.4 Å². The van der Waals surface area contributed by atoms with E-state index in [1.54, 1.807) is 0 Å². The molecule has 0 aromatic carbocycles. The summed E-state index contributed by atoms with van der Waals surface area (Å²) in [6.45, 7) is 8.45. The Labute approximate surface area is 103 Å². The molecule has 0 aliphatic heterocycles. The fourth-order valence-electron chi connectivity index (χ4n) is 1.04. The maximum Gasteiger partial charge on any atom is 0.133 e. The monoisotopic (exact) mass is 200 g/mol. The predicted octanol–water partition coefficient (Wildman–Crippen LogP) is 1.94. The van der Waals surface area contributed by atoms with Crippen molar-refractivity contribution in [1.29, 1.82) is 0 Å². The second-order valence-corrected chi connectivity index (χ2v) is 3.99. The van der Waals surface area contributed by atoms with Gasteiger partial charge in [0.1, 0.15) is 4.32 Å². The fourth-order valence-corrected chi connectivity index (χ4v) is 1.92. The Morgan fingerprint density at radius 2 is 1.45 bits per heavy atom. The summed E-state index contributed by atoms with van der Waals surface area (Å²) in [4.78, 5) is 2.10. The minimum Gasteiger partial charge on any atom is -0.353 e. The number of hydrogen-bond acceptors (Lipinski definition) is 1. The van der Waals surface area contributed by atoms with Crippen molar-refractivity contribution < 1.29 is 0 Å². The molecule has 0 bridgehead atoms. The first kappa shape index (κ1) is 14.7. The van der Waals surface area contributed by atoms with E-state index >= 15 is 0 Å². The van der Waals surface area contributed by atoms with Crippen molar-refractivity contribution >= 4 is 58.7 Å². The van der Waals surface area contributed by atoms with E-state index in [2.05, 4.69) is 45.2 Å². The van der Waals surface area contributed by atoms with Crippen LogP contribution >= 0.6 is 24.8 Å². The van der Waals surface area contributed by atoms with E-state index in [0.717, 1.165) is 0 Å². The quantitative estimate of drug-likeness (QED) is 0.412. The molecule has 0 aromatic heterocycles. The molecule has 0 aromatic rings. The van der Waals surface area contributed by atoms with Crippen LogP contribution in [0.3, 0.4) is 0 Å². The third-order valence-electron chi connectivity index (χ3n) is 1.33. The molecular weight excluding hydrogens is 185 g/mol. The first-order valence-corrected chi connectivity index (χ1v) is 4.33. The summed E-state index contributed by atoms with van der Waals surface area (Å²) in [5.41, 5.74) is 0. The molecule has 0 saturated heterocycles. The Hall–Kier alpha value is 1.24. The topological polar surface area (TPSA) is 3.24 Å². The first-order chi connectivity index (χ1) is 4.46. The van der Waals surface area contributed by atoms with Gasteiger partial charge < -0.3 is 4.90 Å². The fraction of sp³-hybridized carbons (Fsp3) is 0.857. The van der Waals surface area contributed by atoms with Crippen LogP contribution in [-0.2, 0) is 0 Å². The number of rotatable bonds is 2. The molecule has 4 heteroatoms. The maximum atomic E-state index is 4.96. The van der Waals surface area contributed by atoms with Crippen molar-refractivity contribution in [2.45, 2.75) is 39.8 Å². The van der Waals surface area contributed by atoms with Crippen LogP contribution in [0.4, 0.5) is 0 Å². The van der Waals surface area contributed by atoms with Gasteiger partial charge in [-0.25, -0.2) is 0 Å². The van der Waals surface area contributed by atoms with Gasteiger partial charge in [0.15, 0.2) is 0 Å². The molecule has 61 valence electrons. The summed E-state index contributed by atoms with van der Waals surface area (Å²) in [6, 6.07) is 0.898. The summed E-state index contributed by atoms with van der Waals surface area (Å²) in [5, 5.41) is 0. The van der Waals surface area contributed by atoms with Gasteiger partial charge in [0.2, 0.25) is 0 Å². The number of hydrogen-bond donors (Lipinski definition) is 1. The molecule has 0 amide bonds. The van der Waals surface area contributed by atoms with E-state index < -0.39 is 0 Å². The number of nitrogens with zero attached hydrogens (tertiary/aromatic N) is 1. The summed E-state index contributed by atoms with van der Waals surface area (Å²) in [6.07, 6.45) is 0. The average molecular weight is 200 g/mol. The molecule has 0 atom stereocenters. The smallest absolute Gasteiger partial charge is 0.133 e. The van der Waals surface area contributed by atoms with Crippen LogP contribution < -0.4 is 0 Å². The van der Waals surface area contributed by atoms with Gasteiger partial charge in [-0.15, -0.1) is 12.6 Å². The molecule has 0 heterocycles. The zero-order valence-corrected chi connectivity index (χ0v) is 11.7. The van der Waals surface area contributed by atoms with Crippen LogP contribution in [0.25, 0.3) is 0 Å². The van der Waals surface area contributed by atoms with Gasteiger partial charge in [0.05, 0.1) is 0 Å². The molecular formula is C7H15NNaS2. The van der Waals surface area contributed by atoms with Crippen molar-refractivity contribution in [3.8, 4) is 0 Å². The SMILES string of the molecule is CC(C)N(C(=S)S)C(C)C.[Na]. The Morgan fingerprint density at radius 1 is 1.18 bits per heavy atom. The molecule has 0 spiro atoms. The van der Waals surface area contributed by atoms with Crippen LogP contribution in [0.1, 0.15) is 27.7 Å². The number of thiol groups is 1. The Bertz CT molecular complexity index is 118. The minimum absolute atomic E-state index is 0. The van der Waals surface area contributed by atoms with E-state index in [4.69, 9.17) is 12.2 Å². The summed E-state index contributed by atoms with van der Waals surface area (Å²) in [7, 11) is 0. The molecule has 0 saturated carbocycles. The molecule has 1 nitrogen and oxygen atoms in total. The van der Waals surface area contributed by atoms with Gasteiger partial charge in [0.25, 0.3) is 0 Å². The molecule has 0 aliphatic carbocycles. The number of thiocarbonyl (C=S) groups is 1. The van der Waals surface area contributed by atoms with E-state index in [-0.39, 0.29) is 29.6 Å². The summed E-state index contributed by atoms with van der Waals surface area (Å²) < 4.78 is 0.685. The molecule has 0 rings (SSSR count). The molecule has 0 aliphatic rings. The van der Waals surface area contributed by atoms with Gasteiger partial charge in [-0.3, -0.25) is 0 Å². The third-order valence-corrected chi connectivity index (χ3v) is 1.78. The molecule has 0 unspecified atom stereocenters. The predicted molar refractivity (Wildman–Crippen MR) is 59.4 cm³/mol. The van der Waals surface area contributed by atoms with Crippen molar-refractivity contribution in [2.24, 2.45) is 0 Å². The molecule has 1 radical (unpaired) electrons. The van der Waals surface area contributed by atoms with Crippen molar-refractivity contribution in [2.75, 3.05) is 0 Å². The normalized spacial score (nSPS) is 9.73. The van der Waals surface area contributed by atoms with Crippen molar-refractivity contribution in [3.05, 3.63) is 0 Å². The summed E-state index contributed by atoms with van der Waals surface area (Å²) >= 11 is 9.09. The van der Waals surface area contributed by atoms with Crippen LogP contribution in [-0.4, -0.2) is 50.9 Å². The molecule has 0 fully saturated rings. The third kappa shape index (κ3) is 5.47. The van der Waals surface area contributed by atoms with Gasteiger partial charge in [-0.05, 0) is 27.7 Å². The van der Waals surface area contributed by atoms with Gasteiger partial charge in [-0.2, -0.15) is 0 Å². The van der Waals surface area contributed by atoms with Gasteiger partial charge >= 0.3 is 0 Å². The van der Waals surface area contributed by atoms with Gasteiger partial charge in [-0.1, -0.05) is 12.2 Å². The zero-order chi connectivity index (χ0) is 8.31. The Morgan fingerprint density at radius 3 is 1.45 bits per heavy atom. The molecule has 0 N–H and O–H groups in total. The maximum absolute atomic E-state index is 4.96. The van der Waals surface area contributed by atoms with E-state index in [1.807, 2.05) is 0 Å². The van der Waals surface area contributed by atoms with Crippen LogP contribution in [0.2, 0.25) is 0 Å². The van der Waals surface area contributed by atoms with Crippen molar-refractivity contribution in [1.82, 2.24) is 4.90 Å². The van der Waals surface area contributed by atoms with Crippen molar-refractivity contribution in [3.63, 3.8) is 0 Å². The minimum atomic E-state index is 0. The second-order valence-electron chi connectivity index (χ2n) is 2.88. The standard InChI is InChI=1S/C7H15NS2.Na/c1-5(2)8(6(3)4)7(9)10;/h5-6H,1-4H3,(H,9,10);. The van der Waals surface area contributed by atoms with Crippen LogP contribution in [0, 0.1) is 0 Å². The largest absolute Gasteiger partial charge is 0.353 e. The molecule has 11 heavy (non-hydrogen) atoms. The Kier molecular flexibility index (Phi) is 9.01. The van der Waals surface area contributed by atoms with Crippen LogP contribution in [0.5, 0.6) is 0 Å². The van der Waals surface area contributed by atoms with Gasteiger partial charge in [0, 0.05) is 41.6 Å². The average Bonchev–Trinajstić information content (AvgIpc) is 1.59. The first-order valence-electron chi connectivity index (χ1n) is 3.48. The Balaban J connectivity index is 0. The van der Waals surface area contributed by atoms with E-state index in [1.165, 1.54) is 0 Å². The summed E-state index contributed by atoms with van der Waals surface area (Å²) in [5.74, 6) is 0. The second kappa shape index (κ2) is 6.72. The van der Waals surface area contributed by atoms with Crippen LogP contribution in [0.15, 0.2) is 0 Å². The zero-order valence-electron chi connectivity index (χ0n) is 7.96. The van der Waals surface area contributed by atoms with E-state index in [9.17, 15) is 0 Å².